The Morgan fingerprint density at radius 2 is 2.07 bits per heavy atom. The summed E-state index contributed by atoms with van der Waals surface area (Å²) in [6.45, 7) is 7.58. The standard InChI is InChI=1S/C23H33FO4/c1-5-19(27)28-23(24)13(2)10-17-16-7-6-14-11-15(25)8-9-21(14,3)20(16)18(26)12-22(17,23)4/h11,13,16-18,20,26H,5-10,12H2,1-4H3/t13?,16-,17-,18?,20-,21-,22-,23?/m0/s1. The summed E-state index contributed by atoms with van der Waals surface area (Å²) in [5.74, 6) is -2.46. The van der Waals surface area contributed by atoms with Crippen LogP contribution < -0.4 is 0 Å². The summed E-state index contributed by atoms with van der Waals surface area (Å²) < 4.78 is 21.7. The van der Waals surface area contributed by atoms with Crippen LogP contribution in [0.5, 0.6) is 0 Å². The molecule has 4 aliphatic rings. The Bertz CT molecular complexity index is 732. The fourth-order valence-corrected chi connectivity index (χ4v) is 7.41. The van der Waals surface area contributed by atoms with Gasteiger partial charge in [-0.1, -0.05) is 33.3 Å². The van der Waals surface area contributed by atoms with Gasteiger partial charge < -0.3 is 9.84 Å². The van der Waals surface area contributed by atoms with Crippen LogP contribution in [-0.4, -0.2) is 28.8 Å². The molecule has 0 bridgehead atoms. The molecule has 0 heterocycles. The number of fused-ring (bicyclic) bond motifs is 5. The van der Waals surface area contributed by atoms with Crippen LogP contribution in [0.2, 0.25) is 0 Å². The molecule has 4 rings (SSSR count). The lowest BCUT2D eigenvalue weighted by Gasteiger charge is -2.59. The van der Waals surface area contributed by atoms with E-state index in [9.17, 15) is 14.7 Å². The number of hydrogen-bond donors (Lipinski definition) is 1. The Morgan fingerprint density at radius 3 is 2.75 bits per heavy atom. The summed E-state index contributed by atoms with van der Waals surface area (Å²) in [6.07, 6.45) is 5.25. The van der Waals surface area contributed by atoms with Crippen molar-refractivity contribution < 1.29 is 23.8 Å². The summed E-state index contributed by atoms with van der Waals surface area (Å²) in [6, 6.07) is 0. The number of allylic oxidation sites excluding steroid dienone is 1. The van der Waals surface area contributed by atoms with Crippen LogP contribution >= 0.6 is 0 Å². The molecule has 0 aromatic heterocycles. The second-order valence-electron chi connectivity index (χ2n) is 10.2. The van der Waals surface area contributed by atoms with Gasteiger partial charge in [0.25, 0.3) is 5.85 Å². The van der Waals surface area contributed by atoms with Gasteiger partial charge in [0.1, 0.15) is 0 Å². The topological polar surface area (TPSA) is 63.6 Å². The maximum Gasteiger partial charge on any atom is 0.308 e. The Balaban J connectivity index is 1.72. The number of ketones is 1. The van der Waals surface area contributed by atoms with E-state index >= 15 is 4.39 Å². The van der Waals surface area contributed by atoms with Gasteiger partial charge in [0.2, 0.25) is 0 Å². The minimum atomic E-state index is -2.03. The number of halogens is 1. The quantitative estimate of drug-likeness (QED) is 0.710. The first-order valence-corrected chi connectivity index (χ1v) is 10.9. The van der Waals surface area contributed by atoms with Crippen LogP contribution in [0.4, 0.5) is 4.39 Å². The number of esters is 1. The van der Waals surface area contributed by atoms with E-state index in [4.69, 9.17) is 4.74 Å². The summed E-state index contributed by atoms with van der Waals surface area (Å²) in [4.78, 5) is 24.0. The highest BCUT2D eigenvalue weighted by molar-refractivity contribution is 5.91. The molecule has 3 fully saturated rings. The molecule has 0 radical (unpaired) electrons. The van der Waals surface area contributed by atoms with Crippen LogP contribution in [0.25, 0.3) is 0 Å². The number of aliphatic hydroxyl groups excluding tert-OH is 1. The van der Waals surface area contributed by atoms with E-state index in [2.05, 4.69) is 6.92 Å². The van der Waals surface area contributed by atoms with Crippen molar-refractivity contribution in [2.45, 2.75) is 84.6 Å². The zero-order chi connectivity index (χ0) is 20.5. The van der Waals surface area contributed by atoms with Gasteiger partial charge in [0.05, 0.1) is 6.10 Å². The normalized spacial score (nSPS) is 50.3. The fraction of sp³-hybridized carbons (Fsp3) is 0.826. The van der Waals surface area contributed by atoms with Crippen LogP contribution in [0.1, 0.15) is 72.6 Å². The molecule has 0 saturated heterocycles. The fourth-order valence-electron chi connectivity index (χ4n) is 7.41. The van der Waals surface area contributed by atoms with Crippen molar-refractivity contribution in [3.05, 3.63) is 11.6 Å². The monoisotopic (exact) mass is 392 g/mol. The van der Waals surface area contributed by atoms with Crippen molar-refractivity contribution in [1.29, 1.82) is 0 Å². The van der Waals surface area contributed by atoms with Crippen molar-refractivity contribution in [1.82, 2.24) is 0 Å². The molecule has 0 amide bonds. The average Bonchev–Trinajstić information content (AvgIpc) is 2.82. The molecule has 0 aromatic rings. The molecular weight excluding hydrogens is 359 g/mol. The van der Waals surface area contributed by atoms with Crippen LogP contribution in [0.15, 0.2) is 11.6 Å². The third-order valence-electron chi connectivity index (χ3n) is 8.86. The van der Waals surface area contributed by atoms with Crippen LogP contribution in [-0.2, 0) is 14.3 Å². The summed E-state index contributed by atoms with van der Waals surface area (Å²) in [5.41, 5.74) is 0.102. The third-order valence-corrected chi connectivity index (χ3v) is 8.86. The van der Waals surface area contributed by atoms with Gasteiger partial charge in [0, 0.05) is 24.2 Å². The maximum atomic E-state index is 16.3. The minimum Gasteiger partial charge on any atom is -0.428 e. The summed E-state index contributed by atoms with van der Waals surface area (Å²) in [7, 11) is 0. The molecule has 28 heavy (non-hydrogen) atoms. The highest BCUT2D eigenvalue weighted by atomic mass is 19.2. The maximum absolute atomic E-state index is 16.3. The second kappa shape index (κ2) is 6.38. The van der Waals surface area contributed by atoms with Gasteiger partial charge in [-0.15, -0.1) is 0 Å². The van der Waals surface area contributed by atoms with Gasteiger partial charge >= 0.3 is 5.97 Å². The van der Waals surface area contributed by atoms with E-state index in [0.29, 0.717) is 19.3 Å². The lowest BCUT2D eigenvalue weighted by Crippen LogP contribution is -2.60. The Labute approximate surface area is 166 Å². The van der Waals surface area contributed by atoms with Crippen LogP contribution in [0.3, 0.4) is 0 Å². The largest absolute Gasteiger partial charge is 0.428 e. The van der Waals surface area contributed by atoms with Gasteiger partial charge in [-0.3, -0.25) is 9.59 Å². The van der Waals surface area contributed by atoms with Crippen molar-refractivity contribution in [3.8, 4) is 0 Å². The summed E-state index contributed by atoms with van der Waals surface area (Å²) in [5, 5.41) is 11.3. The zero-order valence-electron chi connectivity index (χ0n) is 17.5. The van der Waals surface area contributed by atoms with Crippen molar-refractivity contribution in [2.75, 3.05) is 0 Å². The first-order valence-electron chi connectivity index (χ1n) is 10.9. The molecule has 3 saturated carbocycles. The Kier molecular flexibility index (Phi) is 4.57. The molecule has 4 nitrogen and oxygen atoms in total. The second-order valence-corrected chi connectivity index (χ2v) is 10.2. The van der Waals surface area contributed by atoms with E-state index in [1.807, 2.05) is 13.8 Å². The number of aliphatic hydroxyl groups is 1. The minimum absolute atomic E-state index is 0.0371. The van der Waals surface area contributed by atoms with Crippen molar-refractivity contribution >= 4 is 11.8 Å². The number of carbonyl (C=O) groups is 2. The van der Waals surface area contributed by atoms with E-state index in [1.54, 1.807) is 13.0 Å². The average molecular weight is 393 g/mol. The predicted molar refractivity (Wildman–Crippen MR) is 103 cm³/mol. The van der Waals surface area contributed by atoms with Gasteiger partial charge in [-0.05, 0) is 61.3 Å². The van der Waals surface area contributed by atoms with E-state index in [0.717, 1.165) is 19.3 Å². The molecule has 156 valence electrons. The number of hydrogen-bond acceptors (Lipinski definition) is 4. The first-order chi connectivity index (χ1) is 13.1. The van der Waals surface area contributed by atoms with E-state index in [1.165, 1.54) is 5.57 Å². The van der Waals surface area contributed by atoms with Gasteiger partial charge in [0.15, 0.2) is 5.78 Å². The Hall–Kier alpha value is -1.23. The van der Waals surface area contributed by atoms with E-state index in [-0.39, 0.29) is 41.3 Å². The molecule has 3 unspecified atom stereocenters. The predicted octanol–water partition coefficient (Wildman–Crippen LogP) is 4.35. The molecular formula is C23H33FO4. The number of rotatable bonds is 2. The number of ether oxygens (including phenoxy) is 1. The Morgan fingerprint density at radius 1 is 1.36 bits per heavy atom. The van der Waals surface area contributed by atoms with Gasteiger partial charge in [-0.2, -0.15) is 4.39 Å². The van der Waals surface area contributed by atoms with Crippen molar-refractivity contribution in [3.63, 3.8) is 0 Å². The number of carbonyl (C=O) groups excluding carboxylic acids is 2. The lowest BCUT2D eigenvalue weighted by atomic mass is 9.46. The van der Waals surface area contributed by atoms with E-state index < -0.39 is 23.3 Å². The highest BCUT2D eigenvalue weighted by Gasteiger charge is 2.71. The molecule has 4 aliphatic carbocycles. The highest BCUT2D eigenvalue weighted by Crippen LogP contribution is 2.69. The zero-order valence-corrected chi connectivity index (χ0v) is 17.5. The SMILES string of the molecule is CCC(=O)OC1(F)C(C)C[C@H]2[C@@H]3CCC4=CC(=O)CC[C@]4(C)[C@@H]3C(O)C[C@@]21C. The first kappa shape index (κ1) is 20.1. The molecule has 0 spiro atoms. The van der Waals surface area contributed by atoms with Gasteiger partial charge in [-0.25, -0.2) is 0 Å². The number of alkyl halides is 1. The molecule has 0 aromatic carbocycles. The molecule has 1 N–H and O–H groups in total. The van der Waals surface area contributed by atoms with Crippen molar-refractivity contribution in [2.24, 2.45) is 34.5 Å². The molecule has 5 heteroatoms. The van der Waals surface area contributed by atoms with Crippen LogP contribution in [0, 0.1) is 34.5 Å². The summed E-state index contributed by atoms with van der Waals surface area (Å²) >= 11 is 0. The third kappa shape index (κ3) is 2.50. The molecule has 8 atom stereocenters. The lowest BCUT2D eigenvalue weighted by molar-refractivity contribution is -0.251. The molecule has 0 aliphatic heterocycles. The smallest absolute Gasteiger partial charge is 0.308 e.